The predicted molar refractivity (Wildman–Crippen MR) is 110 cm³/mol. The molecule has 0 saturated carbocycles. The number of benzene rings is 2. The van der Waals surface area contributed by atoms with Gasteiger partial charge in [-0.1, -0.05) is 39.0 Å². The van der Waals surface area contributed by atoms with Gasteiger partial charge in [-0.15, -0.1) is 0 Å². The molecule has 27 heavy (non-hydrogen) atoms. The second-order valence-electron chi connectivity index (χ2n) is 7.92. The van der Waals surface area contributed by atoms with Crippen molar-refractivity contribution in [3.63, 3.8) is 0 Å². The molecular formula is C23H31NO3. The van der Waals surface area contributed by atoms with Gasteiger partial charge in [0.15, 0.2) is 6.10 Å². The fraction of sp³-hybridized carbons (Fsp3) is 0.435. The van der Waals surface area contributed by atoms with Crippen LogP contribution in [0.1, 0.15) is 44.4 Å². The zero-order valence-electron chi connectivity index (χ0n) is 17.3. The molecular weight excluding hydrogens is 338 g/mol. The Labute approximate surface area is 162 Å². The lowest BCUT2D eigenvalue weighted by molar-refractivity contribution is -0.127. The summed E-state index contributed by atoms with van der Waals surface area (Å²) in [4.78, 5) is 12.2. The minimum Gasteiger partial charge on any atom is -0.492 e. The summed E-state index contributed by atoms with van der Waals surface area (Å²) in [5, 5.41) is 2.85. The van der Waals surface area contributed by atoms with Crippen molar-refractivity contribution in [1.29, 1.82) is 0 Å². The van der Waals surface area contributed by atoms with Gasteiger partial charge in [0, 0.05) is 0 Å². The maximum Gasteiger partial charge on any atom is 0.260 e. The summed E-state index contributed by atoms with van der Waals surface area (Å²) < 4.78 is 11.4. The first-order chi connectivity index (χ1) is 12.7. The molecule has 1 amide bonds. The van der Waals surface area contributed by atoms with E-state index in [1.807, 2.05) is 42.5 Å². The second-order valence-corrected chi connectivity index (χ2v) is 7.92. The number of ether oxygens (including phenoxy) is 2. The van der Waals surface area contributed by atoms with Gasteiger partial charge in [-0.05, 0) is 67.1 Å². The third-order valence-electron chi connectivity index (χ3n) is 4.55. The molecule has 1 atom stereocenters. The molecule has 0 aliphatic rings. The van der Waals surface area contributed by atoms with Crippen LogP contribution in [0.15, 0.2) is 42.5 Å². The van der Waals surface area contributed by atoms with E-state index in [9.17, 15) is 4.79 Å². The first-order valence-corrected chi connectivity index (χ1v) is 9.42. The molecule has 2 rings (SSSR count). The molecule has 0 bridgehead atoms. The smallest absolute Gasteiger partial charge is 0.260 e. The van der Waals surface area contributed by atoms with E-state index in [2.05, 4.69) is 39.9 Å². The summed E-state index contributed by atoms with van der Waals surface area (Å²) in [5.74, 6) is 1.35. The molecule has 2 aromatic carbocycles. The number of carbonyl (C=O) groups is 1. The number of nitrogens with one attached hydrogen (secondary N) is 1. The van der Waals surface area contributed by atoms with Crippen LogP contribution in [-0.2, 0) is 10.2 Å². The van der Waals surface area contributed by atoms with Gasteiger partial charge in [0.2, 0.25) is 0 Å². The van der Waals surface area contributed by atoms with E-state index in [1.165, 1.54) is 16.7 Å². The van der Waals surface area contributed by atoms with E-state index in [4.69, 9.17) is 9.47 Å². The molecule has 0 heterocycles. The maximum atomic E-state index is 12.2. The number of rotatable bonds is 7. The molecule has 0 radical (unpaired) electrons. The van der Waals surface area contributed by atoms with Crippen LogP contribution in [0.25, 0.3) is 0 Å². The van der Waals surface area contributed by atoms with Crippen LogP contribution >= 0.6 is 0 Å². The van der Waals surface area contributed by atoms with Crippen LogP contribution in [-0.4, -0.2) is 25.2 Å². The van der Waals surface area contributed by atoms with Gasteiger partial charge in [-0.25, -0.2) is 0 Å². The molecule has 4 heteroatoms. The zero-order chi connectivity index (χ0) is 20.0. The van der Waals surface area contributed by atoms with Crippen molar-refractivity contribution < 1.29 is 14.3 Å². The lowest BCUT2D eigenvalue weighted by atomic mass is 9.87. The molecule has 0 aliphatic carbocycles. The maximum absolute atomic E-state index is 12.2. The minimum absolute atomic E-state index is 0.0948. The van der Waals surface area contributed by atoms with Crippen molar-refractivity contribution in [2.24, 2.45) is 0 Å². The Hall–Kier alpha value is -2.49. The summed E-state index contributed by atoms with van der Waals surface area (Å²) in [6.07, 6.45) is -0.563. The van der Waals surface area contributed by atoms with Gasteiger partial charge in [-0.2, -0.15) is 0 Å². The van der Waals surface area contributed by atoms with Crippen molar-refractivity contribution in [2.75, 3.05) is 13.2 Å². The van der Waals surface area contributed by atoms with Crippen LogP contribution in [0.5, 0.6) is 11.5 Å². The van der Waals surface area contributed by atoms with Gasteiger partial charge in [0.1, 0.15) is 18.1 Å². The largest absolute Gasteiger partial charge is 0.492 e. The fourth-order valence-corrected chi connectivity index (χ4v) is 2.58. The summed E-state index contributed by atoms with van der Waals surface area (Å²) in [6, 6.07) is 13.9. The van der Waals surface area contributed by atoms with Crippen LogP contribution in [0.4, 0.5) is 0 Å². The standard InChI is InChI=1S/C23H31NO3/c1-16-7-10-21(15-17(16)2)26-14-13-24-22(25)18(3)27-20-11-8-19(9-12-20)23(4,5)6/h7-12,15,18H,13-14H2,1-6H3,(H,24,25). The predicted octanol–water partition coefficient (Wildman–Crippen LogP) is 4.56. The van der Waals surface area contributed by atoms with Crippen molar-refractivity contribution in [3.05, 3.63) is 59.2 Å². The van der Waals surface area contributed by atoms with Crippen molar-refractivity contribution in [1.82, 2.24) is 5.32 Å². The topological polar surface area (TPSA) is 47.6 Å². The van der Waals surface area contributed by atoms with E-state index in [0.717, 1.165) is 5.75 Å². The second kappa shape index (κ2) is 8.94. The SMILES string of the molecule is Cc1ccc(OCCNC(=O)C(C)Oc2ccc(C(C)(C)C)cc2)cc1C. The van der Waals surface area contributed by atoms with E-state index in [1.54, 1.807) is 6.92 Å². The van der Waals surface area contributed by atoms with E-state index >= 15 is 0 Å². The van der Waals surface area contributed by atoms with Gasteiger partial charge in [-0.3, -0.25) is 4.79 Å². The Balaban J connectivity index is 1.76. The van der Waals surface area contributed by atoms with Crippen molar-refractivity contribution in [3.8, 4) is 11.5 Å². The molecule has 0 aromatic heterocycles. The van der Waals surface area contributed by atoms with Crippen LogP contribution in [0, 0.1) is 13.8 Å². The normalized spacial score (nSPS) is 12.4. The molecule has 2 aromatic rings. The summed E-state index contributed by atoms with van der Waals surface area (Å²) in [7, 11) is 0. The number of aryl methyl sites for hydroxylation is 2. The Bertz CT molecular complexity index is 760. The Morgan fingerprint density at radius 2 is 1.63 bits per heavy atom. The zero-order valence-corrected chi connectivity index (χ0v) is 17.3. The number of amides is 1. The fourth-order valence-electron chi connectivity index (χ4n) is 2.58. The summed E-state index contributed by atoms with van der Waals surface area (Å²) in [5.41, 5.74) is 3.75. The molecule has 0 aliphatic heterocycles. The first-order valence-electron chi connectivity index (χ1n) is 9.42. The molecule has 1 unspecified atom stereocenters. The van der Waals surface area contributed by atoms with Gasteiger partial charge >= 0.3 is 0 Å². The molecule has 1 N–H and O–H groups in total. The van der Waals surface area contributed by atoms with E-state index < -0.39 is 6.10 Å². The van der Waals surface area contributed by atoms with Gasteiger partial charge in [0.05, 0.1) is 6.54 Å². The lowest BCUT2D eigenvalue weighted by Gasteiger charge is -2.20. The number of hydrogen-bond acceptors (Lipinski definition) is 3. The average molecular weight is 370 g/mol. The summed E-state index contributed by atoms with van der Waals surface area (Å²) >= 11 is 0. The molecule has 0 spiro atoms. The van der Waals surface area contributed by atoms with Crippen LogP contribution < -0.4 is 14.8 Å². The quantitative estimate of drug-likeness (QED) is 0.728. The Morgan fingerprint density at radius 3 is 2.22 bits per heavy atom. The monoisotopic (exact) mass is 369 g/mol. The lowest BCUT2D eigenvalue weighted by Crippen LogP contribution is -2.38. The Morgan fingerprint density at radius 1 is 1.00 bits per heavy atom. The summed E-state index contributed by atoms with van der Waals surface area (Å²) in [6.45, 7) is 13.2. The Kier molecular flexibility index (Phi) is 6.89. The highest BCUT2D eigenvalue weighted by molar-refractivity contribution is 5.80. The number of carbonyl (C=O) groups excluding carboxylic acids is 1. The van der Waals surface area contributed by atoms with Gasteiger partial charge in [0.25, 0.3) is 5.91 Å². The minimum atomic E-state index is -0.563. The van der Waals surface area contributed by atoms with E-state index in [0.29, 0.717) is 18.9 Å². The highest BCUT2D eigenvalue weighted by Crippen LogP contribution is 2.24. The third-order valence-corrected chi connectivity index (χ3v) is 4.55. The van der Waals surface area contributed by atoms with Crippen LogP contribution in [0.3, 0.4) is 0 Å². The van der Waals surface area contributed by atoms with Gasteiger partial charge < -0.3 is 14.8 Å². The third kappa shape index (κ3) is 6.31. The highest BCUT2D eigenvalue weighted by atomic mass is 16.5. The average Bonchev–Trinajstić information content (AvgIpc) is 2.61. The first kappa shape index (κ1) is 20.8. The van der Waals surface area contributed by atoms with E-state index in [-0.39, 0.29) is 11.3 Å². The highest BCUT2D eigenvalue weighted by Gasteiger charge is 2.16. The molecule has 4 nitrogen and oxygen atoms in total. The van der Waals surface area contributed by atoms with Crippen molar-refractivity contribution in [2.45, 2.75) is 53.1 Å². The number of hydrogen-bond donors (Lipinski definition) is 1. The molecule has 146 valence electrons. The molecule has 0 fully saturated rings. The molecule has 0 saturated heterocycles. The van der Waals surface area contributed by atoms with Crippen molar-refractivity contribution >= 4 is 5.91 Å². The van der Waals surface area contributed by atoms with Crippen LogP contribution in [0.2, 0.25) is 0 Å².